The molecule has 294 valence electrons. The van der Waals surface area contributed by atoms with Crippen molar-refractivity contribution < 1.29 is 38.0 Å². The molecule has 0 aliphatic rings. The van der Waals surface area contributed by atoms with Crippen molar-refractivity contribution in [3.63, 3.8) is 0 Å². The van der Waals surface area contributed by atoms with E-state index in [1.165, 1.54) is 0 Å². The molecule has 8 heteroatoms. The molecule has 0 aliphatic carbocycles. The van der Waals surface area contributed by atoms with Gasteiger partial charge in [0.15, 0.2) is 0 Å². The quantitative estimate of drug-likeness (QED) is 0.0456. The maximum Gasteiger partial charge on any atom is 0.336 e. The highest BCUT2D eigenvalue weighted by Gasteiger charge is 2.21. The minimum absolute atomic E-state index is 0.241. The topological polar surface area (TPSA) is 89.5 Å². The minimum atomic E-state index is -0.893. The number of esters is 2. The van der Waals surface area contributed by atoms with Gasteiger partial charge in [-0.25, -0.2) is 9.59 Å². The van der Waals surface area contributed by atoms with Crippen molar-refractivity contribution in [2.75, 3.05) is 13.2 Å². The fraction of sp³-hybridized carbons (Fsp3) is 0.160. The molecule has 6 aromatic rings. The number of hydrogen-bond donors (Lipinski definition) is 0. The lowest BCUT2D eigenvalue weighted by atomic mass is 10.1. The lowest BCUT2D eigenvalue weighted by molar-refractivity contribution is -0.161. The molecule has 0 N–H and O–H groups in total. The Balaban J connectivity index is 1.03. The third kappa shape index (κ3) is 11.5. The minimum Gasteiger partial charge on any atom is -0.493 e. The number of carbonyl (C=O) groups excluding carboxylic acids is 2. The van der Waals surface area contributed by atoms with Crippen molar-refractivity contribution in [2.24, 2.45) is 0 Å². The largest absolute Gasteiger partial charge is 0.493 e. The van der Waals surface area contributed by atoms with Crippen LogP contribution in [-0.2, 0) is 19.1 Å². The predicted molar refractivity (Wildman–Crippen MR) is 227 cm³/mol. The first-order valence-corrected chi connectivity index (χ1v) is 19.0. The van der Waals surface area contributed by atoms with Gasteiger partial charge in [-0.05, 0) is 72.5 Å². The standard InChI is InChI=1S/C50H46O8/c1-35(2)49(51)57-47(55-45-21-13-11-19-43(45)39-15-7-5-8-16-39)31-33-53-41-27-23-37(24-28-41)38-25-29-42(30-26-38)54-34-32-48(58-50(52)36(3)4)56-46-22-14-12-20-44(46)40-17-9-6-10-18-40/h5-30,47-48H,1,3,31-34H2,2,4H3. The Morgan fingerprint density at radius 3 is 1.16 bits per heavy atom. The Kier molecular flexibility index (Phi) is 14.1. The molecule has 0 radical (unpaired) electrons. The summed E-state index contributed by atoms with van der Waals surface area (Å²) in [6.07, 6.45) is -1.21. The molecule has 8 nitrogen and oxygen atoms in total. The second-order valence-corrected chi connectivity index (χ2v) is 13.5. The summed E-state index contributed by atoms with van der Waals surface area (Å²) in [4.78, 5) is 25.0. The van der Waals surface area contributed by atoms with E-state index in [1.807, 2.05) is 158 Å². The van der Waals surface area contributed by atoms with E-state index < -0.39 is 24.5 Å². The van der Waals surface area contributed by atoms with Crippen LogP contribution in [0.3, 0.4) is 0 Å². The molecule has 2 unspecified atom stereocenters. The Morgan fingerprint density at radius 1 is 0.448 bits per heavy atom. The smallest absolute Gasteiger partial charge is 0.336 e. The van der Waals surface area contributed by atoms with Crippen LogP contribution in [0, 0.1) is 0 Å². The van der Waals surface area contributed by atoms with E-state index >= 15 is 0 Å². The summed E-state index contributed by atoms with van der Waals surface area (Å²) in [7, 11) is 0. The molecule has 0 aromatic heterocycles. The number of hydrogen-bond acceptors (Lipinski definition) is 8. The van der Waals surface area contributed by atoms with Gasteiger partial charge in [0.05, 0.1) is 26.1 Å². The summed E-state index contributed by atoms with van der Waals surface area (Å²) in [5.41, 5.74) is 6.29. The van der Waals surface area contributed by atoms with Crippen LogP contribution in [0.1, 0.15) is 26.7 Å². The summed E-state index contributed by atoms with van der Waals surface area (Å²) in [5, 5.41) is 0. The number of para-hydroxylation sites is 2. The first-order valence-electron chi connectivity index (χ1n) is 19.0. The highest BCUT2D eigenvalue weighted by Crippen LogP contribution is 2.33. The Morgan fingerprint density at radius 2 is 0.793 bits per heavy atom. The van der Waals surface area contributed by atoms with Gasteiger partial charge in [-0.3, -0.25) is 0 Å². The average molecular weight is 775 g/mol. The zero-order chi connectivity index (χ0) is 40.7. The van der Waals surface area contributed by atoms with Gasteiger partial charge >= 0.3 is 11.9 Å². The van der Waals surface area contributed by atoms with Crippen LogP contribution in [0.5, 0.6) is 23.0 Å². The summed E-state index contributed by atoms with van der Waals surface area (Å²) >= 11 is 0. The molecule has 0 saturated heterocycles. The van der Waals surface area contributed by atoms with Gasteiger partial charge in [0.1, 0.15) is 23.0 Å². The Bertz CT molecular complexity index is 2120. The molecular weight excluding hydrogens is 729 g/mol. The number of rotatable bonds is 19. The lowest BCUT2D eigenvalue weighted by Crippen LogP contribution is -2.27. The maximum absolute atomic E-state index is 12.5. The fourth-order valence-corrected chi connectivity index (χ4v) is 5.89. The van der Waals surface area contributed by atoms with Gasteiger partial charge in [-0.15, -0.1) is 0 Å². The zero-order valence-corrected chi connectivity index (χ0v) is 32.7. The van der Waals surface area contributed by atoms with E-state index in [1.54, 1.807) is 13.8 Å². The molecule has 0 bridgehead atoms. The number of carbonyl (C=O) groups is 2. The van der Waals surface area contributed by atoms with Crippen LogP contribution >= 0.6 is 0 Å². The Labute approximate surface area is 339 Å². The van der Waals surface area contributed by atoms with Crippen LogP contribution in [-0.4, -0.2) is 37.7 Å². The predicted octanol–water partition coefficient (Wildman–Crippen LogP) is 11.3. The van der Waals surface area contributed by atoms with Crippen LogP contribution in [0.25, 0.3) is 33.4 Å². The molecule has 0 heterocycles. The summed E-state index contributed by atoms with van der Waals surface area (Å²) in [6, 6.07) is 50.5. The van der Waals surface area contributed by atoms with Gasteiger partial charge in [-0.2, -0.15) is 0 Å². The first-order chi connectivity index (χ1) is 28.2. The molecule has 0 aliphatic heterocycles. The van der Waals surface area contributed by atoms with Gasteiger partial charge in [0.2, 0.25) is 12.6 Å². The number of benzene rings is 6. The molecule has 58 heavy (non-hydrogen) atoms. The summed E-state index contributed by atoms with van der Waals surface area (Å²) in [5.74, 6) is 1.44. The van der Waals surface area contributed by atoms with Crippen molar-refractivity contribution in [1.29, 1.82) is 0 Å². The Hall–Kier alpha value is -7.06. The molecular formula is C50H46O8. The van der Waals surface area contributed by atoms with Crippen LogP contribution in [0.15, 0.2) is 182 Å². The number of ether oxygens (including phenoxy) is 6. The zero-order valence-electron chi connectivity index (χ0n) is 32.7. The van der Waals surface area contributed by atoms with Crippen molar-refractivity contribution in [1.82, 2.24) is 0 Å². The molecule has 6 rings (SSSR count). The summed E-state index contributed by atoms with van der Waals surface area (Å²) in [6.45, 7) is 11.1. The second-order valence-electron chi connectivity index (χ2n) is 13.5. The molecule has 2 atom stereocenters. The molecule has 0 saturated carbocycles. The second kappa shape index (κ2) is 20.2. The third-order valence-electron chi connectivity index (χ3n) is 8.92. The van der Waals surface area contributed by atoms with E-state index in [4.69, 9.17) is 28.4 Å². The lowest BCUT2D eigenvalue weighted by Gasteiger charge is -2.21. The molecule has 6 aromatic carbocycles. The van der Waals surface area contributed by atoms with Gasteiger partial charge in [-0.1, -0.05) is 134 Å². The van der Waals surface area contributed by atoms with Gasteiger partial charge in [0, 0.05) is 22.3 Å². The van der Waals surface area contributed by atoms with E-state index in [9.17, 15) is 9.59 Å². The third-order valence-corrected chi connectivity index (χ3v) is 8.92. The van der Waals surface area contributed by atoms with Crippen LogP contribution < -0.4 is 18.9 Å². The molecule has 0 fully saturated rings. The van der Waals surface area contributed by atoms with Crippen LogP contribution in [0.2, 0.25) is 0 Å². The van der Waals surface area contributed by atoms with E-state index in [0.717, 1.165) is 33.4 Å². The van der Waals surface area contributed by atoms with Crippen molar-refractivity contribution >= 4 is 11.9 Å². The fourth-order valence-electron chi connectivity index (χ4n) is 5.89. The monoisotopic (exact) mass is 774 g/mol. The molecule has 0 amide bonds. The van der Waals surface area contributed by atoms with Crippen molar-refractivity contribution in [3.05, 3.63) is 182 Å². The molecule has 0 spiro atoms. The average Bonchev–Trinajstić information content (AvgIpc) is 3.25. The van der Waals surface area contributed by atoms with Crippen molar-refractivity contribution in [2.45, 2.75) is 39.3 Å². The van der Waals surface area contributed by atoms with Gasteiger partial charge < -0.3 is 28.4 Å². The highest BCUT2D eigenvalue weighted by molar-refractivity contribution is 5.87. The van der Waals surface area contributed by atoms with Gasteiger partial charge in [0.25, 0.3) is 0 Å². The van der Waals surface area contributed by atoms with Crippen LogP contribution in [0.4, 0.5) is 0 Å². The van der Waals surface area contributed by atoms with E-state index in [-0.39, 0.29) is 37.2 Å². The van der Waals surface area contributed by atoms with E-state index in [2.05, 4.69) is 13.2 Å². The first kappa shape index (κ1) is 40.6. The SMILES string of the molecule is C=C(C)C(=O)OC(CCOc1ccc(-c2ccc(OCCC(OC(=O)C(=C)C)Oc3ccccc3-c3ccccc3)cc2)cc1)Oc1ccccc1-c1ccccc1. The van der Waals surface area contributed by atoms with E-state index in [0.29, 0.717) is 23.0 Å². The highest BCUT2D eigenvalue weighted by atomic mass is 16.7. The summed E-state index contributed by atoms with van der Waals surface area (Å²) < 4.78 is 35.9. The normalized spacial score (nSPS) is 11.7. The maximum atomic E-state index is 12.5. The van der Waals surface area contributed by atoms with Crippen molar-refractivity contribution in [3.8, 4) is 56.4 Å².